The molecule has 1 amide bonds. The van der Waals surface area contributed by atoms with E-state index in [-0.39, 0.29) is 11.7 Å². The molecule has 18 heavy (non-hydrogen) atoms. The summed E-state index contributed by atoms with van der Waals surface area (Å²) >= 11 is 3.91. The fraction of sp³-hybridized carbons (Fsp3) is 0.385. The summed E-state index contributed by atoms with van der Waals surface area (Å²) in [7, 11) is 0. The summed E-state index contributed by atoms with van der Waals surface area (Å²) in [6, 6.07) is 6.27. The number of carboxylic acids is 1. The lowest BCUT2D eigenvalue weighted by atomic mass is 10.0. The molecule has 5 heteroatoms. The van der Waals surface area contributed by atoms with Crippen LogP contribution in [-0.4, -0.2) is 28.8 Å². The number of thiol groups is 1. The Bertz CT molecular complexity index is 434. The highest BCUT2D eigenvalue weighted by molar-refractivity contribution is 7.80. The summed E-state index contributed by atoms with van der Waals surface area (Å²) in [5, 5.41) is 11.3. The molecule has 0 bridgehead atoms. The van der Waals surface area contributed by atoms with E-state index in [1.807, 2.05) is 19.1 Å². The van der Waals surface area contributed by atoms with Gasteiger partial charge in [0.2, 0.25) is 0 Å². The Balaban J connectivity index is 2.86. The Morgan fingerprint density at radius 1 is 1.39 bits per heavy atom. The van der Waals surface area contributed by atoms with Crippen molar-refractivity contribution in [2.24, 2.45) is 0 Å². The van der Waals surface area contributed by atoms with Crippen LogP contribution in [-0.2, 0) is 11.2 Å². The molecular weight excluding hydrogens is 250 g/mol. The molecule has 0 saturated heterocycles. The van der Waals surface area contributed by atoms with Gasteiger partial charge in [0, 0.05) is 11.3 Å². The van der Waals surface area contributed by atoms with E-state index in [1.165, 1.54) is 0 Å². The van der Waals surface area contributed by atoms with Gasteiger partial charge in [-0.3, -0.25) is 4.79 Å². The largest absolute Gasteiger partial charge is 0.480 e. The molecule has 98 valence electrons. The molecule has 2 N–H and O–H groups in total. The summed E-state index contributed by atoms with van der Waals surface area (Å²) < 4.78 is 0. The number of carboxylic acid groups (broad SMARTS) is 1. The molecule has 0 aliphatic carbocycles. The quantitative estimate of drug-likeness (QED) is 0.688. The number of amides is 1. The first-order valence-corrected chi connectivity index (χ1v) is 6.45. The van der Waals surface area contributed by atoms with Crippen molar-refractivity contribution in [1.82, 2.24) is 5.32 Å². The van der Waals surface area contributed by atoms with Crippen molar-refractivity contribution >= 4 is 24.5 Å². The van der Waals surface area contributed by atoms with E-state index in [0.717, 1.165) is 18.4 Å². The summed E-state index contributed by atoms with van der Waals surface area (Å²) in [6.45, 7) is 2.03. The number of nitrogens with one attached hydrogen (secondary N) is 1. The minimum Gasteiger partial charge on any atom is -0.480 e. The van der Waals surface area contributed by atoms with E-state index in [4.69, 9.17) is 5.11 Å². The number of hydrogen-bond donors (Lipinski definition) is 3. The molecule has 0 heterocycles. The second-order valence-electron chi connectivity index (χ2n) is 3.95. The number of hydrogen-bond acceptors (Lipinski definition) is 3. The normalized spacial score (nSPS) is 11.9. The fourth-order valence-corrected chi connectivity index (χ4v) is 1.90. The average molecular weight is 267 g/mol. The first kappa shape index (κ1) is 14.6. The Kier molecular flexibility index (Phi) is 5.71. The molecule has 0 radical (unpaired) electrons. The molecule has 0 aliphatic rings. The standard InChI is InChI=1S/C13H17NO3S/c1-2-5-9-6-3-4-7-10(9)12(15)14-11(8-18)13(16)17/h3-4,6-7,11,18H,2,5,8H2,1H3,(H,14,15)(H,16,17)/t11-/m0/s1. The second-order valence-corrected chi connectivity index (χ2v) is 4.32. The average Bonchev–Trinajstić information content (AvgIpc) is 2.36. The molecule has 0 aliphatic heterocycles. The molecule has 0 aromatic heterocycles. The van der Waals surface area contributed by atoms with Crippen molar-refractivity contribution in [3.8, 4) is 0 Å². The summed E-state index contributed by atoms with van der Waals surface area (Å²) in [5.74, 6) is -1.37. The van der Waals surface area contributed by atoms with Crippen molar-refractivity contribution < 1.29 is 14.7 Å². The van der Waals surface area contributed by atoms with Gasteiger partial charge in [0.25, 0.3) is 5.91 Å². The zero-order chi connectivity index (χ0) is 13.5. The fourth-order valence-electron chi connectivity index (χ4n) is 1.65. The Labute approximate surface area is 112 Å². The van der Waals surface area contributed by atoms with Gasteiger partial charge in [-0.15, -0.1) is 0 Å². The van der Waals surface area contributed by atoms with E-state index >= 15 is 0 Å². The van der Waals surface area contributed by atoms with Crippen LogP contribution >= 0.6 is 12.6 Å². The van der Waals surface area contributed by atoms with E-state index in [0.29, 0.717) is 5.56 Å². The molecule has 1 aromatic rings. The van der Waals surface area contributed by atoms with Gasteiger partial charge in [-0.25, -0.2) is 4.79 Å². The molecule has 1 aromatic carbocycles. The van der Waals surface area contributed by atoms with Gasteiger partial charge in [-0.05, 0) is 18.1 Å². The Morgan fingerprint density at radius 3 is 2.61 bits per heavy atom. The van der Waals surface area contributed by atoms with Gasteiger partial charge < -0.3 is 10.4 Å². The number of benzene rings is 1. The SMILES string of the molecule is CCCc1ccccc1C(=O)N[C@@H](CS)C(=O)O. The predicted octanol–water partition coefficient (Wildman–Crippen LogP) is 1.75. The molecule has 0 spiro atoms. The molecule has 1 rings (SSSR count). The number of carbonyl (C=O) groups is 2. The monoisotopic (exact) mass is 267 g/mol. The lowest BCUT2D eigenvalue weighted by molar-refractivity contribution is -0.138. The van der Waals surface area contributed by atoms with Crippen LogP contribution in [0.1, 0.15) is 29.3 Å². The van der Waals surface area contributed by atoms with Crippen LogP contribution in [0.5, 0.6) is 0 Å². The maximum Gasteiger partial charge on any atom is 0.327 e. The van der Waals surface area contributed by atoms with Gasteiger partial charge in [-0.1, -0.05) is 31.5 Å². The molecular formula is C13H17NO3S. The summed E-state index contributed by atoms with van der Waals surface area (Å²) in [6.07, 6.45) is 1.72. The second kappa shape index (κ2) is 7.06. The van der Waals surface area contributed by atoms with Crippen molar-refractivity contribution in [3.05, 3.63) is 35.4 Å². The van der Waals surface area contributed by atoms with Crippen molar-refractivity contribution in [2.75, 3.05) is 5.75 Å². The topological polar surface area (TPSA) is 66.4 Å². The minimum atomic E-state index is -1.08. The number of aryl methyl sites for hydroxylation is 1. The van der Waals surface area contributed by atoms with Gasteiger partial charge in [-0.2, -0.15) is 12.6 Å². The Morgan fingerprint density at radius 2 is 2.06 bits per heavy atom. The highest BCUT2D eigenvalue weighted by atomic mass is 32.1. The molecule has 0 saturated carbocycles. The first-order chi connectivity index (χ1) is 8.60. The van der Waals surface area contributed by atoms with Crippen LogP contribution in [0, 0.1) is 0 Å². The number of rotatable bonds is 6. The van der Waals surface area contributed by atoms with E-state index in [1.54, 1.807) is 12.1 Å². The number of aliphatic carboxylic acids is 1. The van der Waals surface area contributed by atoms with Crippen LogP contribution in [0.3, 0.4) is 0 Å². The van der Waals surface area contributed by atoms with Crippen LogP contribution in [0.15, 0.2) is 24.3 Å². The van der Waals surface area contributed by atoms with Crippen molar-refractivity contribution in [3.63, 3.8) is 0 Å². The van der Waals surface area contributed by atoms with Gasteiger partial charge >= 0.3 is 5.97 Å². The van der Waals surface area contributed by atoms with Crippen LogP contribution in [0.4, 0.5) is 0 Å². The Hall–Kier alpha value is -1.49. The van der Waals surface area contributed by atoms with E-state index < -0.39 is 12.0 Å². The third-order valence-electron chi connectivity index (χ3n) is 2.57. The van der Waals surface area contributed by atoms with Gasteiger partial charge in [0.1, 0.15) is 6.04 Å². The third kappa shape index (κ3) is 3.77. The molecule has 0 unspecified atom stereocenters. The maximum atomic E-state index is 12.0. The maximum absolute atomic E-state index is 12.0. The van der Waals surface area contributed by atoms with Crippen molar-refractivity contribution in [1.29, 1.82) is 0 Å². The van der Waals surface area contributed by atoms with Crippen molar-refractivity contribution in [2.45, 2.75) is 25.8 Å². The minimum absolute atomic E-state index is 0.0665. The number of carbonyl (C=O) groups excluding carboxylic acids is 1. The van der Waals surface area contributed by atoms with Crippen LogP contribution in [0.25, 0.3) is 0 Å². The molecule has 4 nitrogen and oxygen atoms in total. The van der Waals surface area contributed by atoms with Gasteiger partial charge in [0.05, 0.1) is 0 Å². The predicted molar refractivity (Wildman–Crippen MR) is 73.2 cm³/mol. The van der Waals surface area contributed by atoms with Crippen LogP contribution in [0.2, 0.25) is 0 Å². The first-order valence-electron chi connectivity index (χ1n) is 5.82. The highest BCUT2D eigenvalue weighted by Crippen LogP contribution is 2.11. The third-order valence-corrected chi connectivity index (χ3v) is 2.93. The van der Waals surface area contributed by atoms with E-state index in [9.17, 15) is 9.59 Å². The smallest absolute Gasteiger partial charge is 0.327 e. The van der Waals surface area contributed by atoms with E-state index in [2.05, 4.69) is 17.9 Å². The lowest BCUT2D eigenvalue weighted by Crippen LogP contribution is -2.42. The lowest BCUT2D eigenvalue weighted by Gasteiger charge is -2.14. The molecule has 0 fully saturated rings. The summed E-state index contributed by atoms with van der Waals surface area (Å²) in [4.78, 5) is 22.9. The molecule has 1 atom stereocenters. The zero-order valence-corrected chi connectivity index (χ0v) is 11.1. The van der Waals surface area contributed by atoms with Gasteiger partial charge in [0.15, 0.2) is 0 Å². The van der Waals surface area contributed by atoms with Crippen LogP contribution < -0.4 is 5.32 Å². The zero-order valence-electron chi connectivity index (χ0n) is 10.2. The summed E-state index contributed by atoms with van der Waals surface area (Å²) in [5.41, 5.74) is 1.47. The highest BCUT2D eigenvalue weighted by Gasteiger charge is 2.20.